The Morgan fingerprint density at radius 3 is 2.35 bits per heavy atom. The van der Waals surface area contributed by atoms with E-state index in [1.54, 1.807) is 0 Å². The fourth-order valence-electron chi connectivity index (χ4n) is 1.93. The molecule has 0 radical (unpaired) electrons. The molecule has 0 spiro atoms. The number of halogens is 2. The van der Waals surface area contributed by atoms with Crippen LogP contribution in [0.4, 0.5) is 8.78 Å². The summed E-state index contributed by atoms with van der Waals surface area (Å²) < 4.78 is 28.4. The van der Waals surface area contributed by atoms with Crippen molar-refractivity contribution in [1.82, 2.24) is 9.55 Å². The molecule has 20 heavy (non-hydrogen) atoms. The highest BCUT2D eigenvalue weighted by Gasteiger charge is 2.18. The minimum atomic E-state index is -0.584. The van der Waals surface area contributed by atoms with Gasteiger partial charge in [0.15, 0.2) is 0 Å². The normalized spacial score (nSPS) is 11.3. The van der Waals surface area contributed by atoms with Crippen LogP contribution in [-0.4, -0.2) is 9.55 Å². The van der Waals surface area contributed by atoms with Crippen molar-refractivity contribution in [3.05, 3.63) is 41.4 Å². The monoisotopic (exact) mass is 297 g/mol. The van der Waals surface area contributed by atoms with E-state index >= 15 is 0 Å². The second kappa shape index (κ2) is 5.93. The summed E-state index contributed by atoms with van der Waals surface area (Å²) in [5.41, 5.74) is 6.55. The number of rotatable bonds is 4. The summed E-state index contributed by atoms with van der Waals surface area (Å²) in [5.74, 6) is -0.199. The standard InChI is InChI=1S/C14H17F2N3S/c1-8(2)13-14(19(3)12(7-17)18-13)20-11-5-9(15)4-10(16)6-11/h4-6,8H,7,17H2,1-3H3. The van der Waals surface area contributed by atoms with Crippen LogP contribution in [0.2, 0.25) is 0 Å². The Morgan fingerprint density at radius 2 is 1.85 bits per heavy atom. The third kappa shape index (κ3) is 3.02. The molecule has 2 rings (SSSR count). The van der Waals surface area contributed by atoms with Crippen LogP contribution in [0.5, 0.6) is 0 Å². The third-order valence-corrected chi connectivity index (χ3v) is 4.09. The van der Waals surface area contributed by atoms with E-state index in [-0.39, 0.29) is 5.92 Å². The largest absolute Gasteiger partial charge is 0.325 e. The smallest absolute Gasteiger partial charge is 0.127 e. The molecule has 2 aromatic rings. The first kappa shape index (κ1) is 15.0. The van der Waals surface area contributed by atoms with Gasteiger partial charge in [0.2, 0.25) is 0 Å². The molecule has 0 saturated heterocycles. The lowest BCUT2D eigenvalue weighted by Gasteiger charge is -2.08. The first-order chi connectivity index (χ1) is 9.42. The van der Waals surface area contributed by atoms with Gasteiger partial charge in [-0.25, -0.2) is 13.8 Å². The minimum Gasteiger partial charge on any atom is -0.325 e. The zero-order chi connectivity index (χ0) is 14.9. The van der Waals surface area contributed by atoms with Crippen LogP contribution in [0.15, 0.2) is 28.1 Å². The summed E-state index contributed by atoms with van der Waals surface area (Å²) in [6, 6.07) is 3.49. The molecule has 1 aromatic carbocycles. The summed E-state index contributed by atoms with van der Waals surface area (Å²) in [6.07, 6.45) is 0. The van der Waals surface area contributed by atoms with Crippen molar-refractivity contribution < 1.29 is 8.78 Å². The molecule has 0 unspecified atom stereocenters. The SMILES string of the molecule is CC(C)c1nc(CN)n(C)c1Sc1cc(F)cc(F)c1. The molecule has 0 bridgehead atoms. The van der Waals surface area contributed by atoms with Crippen molar-refractivity contribution in [2.75, 3.05) is 0 Å². The zero-order valence-corrected chi connectivity index (χ0v) is 12.5. The molecule has 0 saturated carbocycles. The van der Waals surface area contributed by atoms with Gasteiger partial charge in [0.05, 0.1) is 12.2 Å². The average molecular weight is 297 g/mol. The number of benzene rings is 1. The molecule has 108 valence electrons. The highest BCUT2D eigenvalue weighted by atomic mass is 32.2. The van der Waals surface area contributed by atoms with Gasteiger partial charge in [-0.3, -0.25) is 0 Å². The van der Waals surface area contributed by atoms with E-state index in [1.807, 2.05) is 25.5 Å². The van der Waals surface area contributed by atoms with Crippen molar-refractivity contribution in [3.63, 3.8) is 0 Å². The second-order valence-electron chi connectivity index (χ2n) is 4.84. The van der Waals surface area contributed by atoms with Gasteiger partial charge >= 0.3 is 0 Å². The Bertz CT molecular complexity index is 603. The lowest BCUT2D eigenvalue weighted by atomic mass is 10.2. The van der Waals surface area contributed by atoms with E-state index in [9.17, 15) is 8.78 Å². The Labute approximate surface area is 121 Å². The van der Waals surface area contributed by atoms with Crippen molar-refractivity contribution in [2.45, 2.75) is 36.2 Å². The van der Waals surface area contributed by atoms with Crippen LogP contribution >= 0.6 is 11.8 Å². The molecule has 2 N–H and O–H groups in total. The maximum atomic E-state index is 13.3. The summed E-state index contributed by atoms with van der Waals surface area (Å²) in [6.45, 7) is 4.38. The van der Waals surface area contributed by atoms with Crippen LogP contribution in [0.1, 0.15) is 31.3 Å². The van der Waals surface area contributed by atoms with E-state index in [0.29, 0.717) is 11.4 Å². The molecule has 1 heterocycles. The van der Waals surface area contributed by atoms with Crippen molar-refractivity contribution in [2.24, 2.45) is 12.8 Å². The van der Waals surface area contributed by atoms with Gasteiger partial charge in [-0.05, 0) is 18.1 Å². The van der Waals surface area contributed by atoms with E-state index in [2.05, 4.69) is 4.98 Å². The lowest BCUT2D eigenvalue weighted by Crippen LogP contribution is -2.05. The predicted molar refractivity (Wildman–Crippen MR) is 75.7 cm³/mol. The molecular weight excluding hydrogens is 280 g/mol. The molecule has 3 nitrogen and oxygen atoms in total. The highest BCUT2D eigenvalue weighted by molar-refractivity contribution is 7.99. The van der Waals surface area contributed by atoms with Crippen LogP contribution in [0.3, 0.4) is 0 Å². The van der Waals surface area contributed by atoms with Crippen LogP contribution in [0.25, 0.3) is 0 Å². The van der Waals surface area contributed by atoms with Crippen LogP contribution < -0.4 is 5.73 Å². The van der Waals surface area contributed by atoms with E-state index < -0.39 is 11.6 Å². The zero-order valence-electron chi connectivity index (χ0n) is 11.7. The fraction of sp³-hybridized carbons (Fsp3) is 0.357. The summed E-state index contributed by atoms with van der Waals surface area (Å²) in [4.78, 5) is 5.01. The summed E-state index contributed by atoms with van der Waals surface area (Å²) in [7, 11) is 1.86. The van der Waals surface area contributed by atoms with Gasteiger partial charge < -0.3 is 10.3 Å². The molecule has 0 fully saturated rings. The topological polar surface area (TPSA) is 43.8 Å². The van der Waals surface area contributed by atoms with Crippen LogP contribution in [0, 0.1) is 11.6 Å². The van der Waals surface area contributed by atoms with E-state index in [0.717, 1.165) is 22.6 Å². The van der Waals surface area contributed by atoms with Crippen molar-refractivity contribution in [3.8, 4) is 0 Å². The predicted octanol–water partition coefficient (Wildman–Crippen LogP) is 3.43. The van der Waals surface area contributed by atoms with Crippen molar-refractivity contribution in [1.29, 1.82) is 0 Å². The molecule has 0 amide bonds. The lowest BCUT2D eigenvalue weighted by molar-refractivity contribution is 0.577. The van der Waals surface area contributed by atoms with Gasteiger partial charge in [-0.2, -0.15) is 0 Å². The molecule has 0 atom stereocenters. The fourth-order valence-corrected chi connectivity index (χ4v) is 3.12. The Morgan fingerprint density at radius 1 is 1.25 bits per heavy atom. The second-order valence-corrected chi connectivity index (χ2v) is 5.91. The number of imidazole rings is 1. The molecule has 6 heteroatoms. The van der Waals surface area contributed by atoms with Crippen LogP contribution in [-0.2, 0) is 13.6 Å². The summed E-state index contributed by atoms with van der Waals surface area (Å²) >= 11 is 1.30. The number of nitrogens with two attached hydrogens (primary N) is 1. The van der Waals surface area contributed by atoms with Crippen molar-refractivity contribution >= 4 is 11.8 Å². The number of hydrogen-bond donors (Lipinski definition) is 1. The molecule has 0 aliphatic heterocycles. The number of aromatic nitrogens is 2. The molecule has 1 aromatic heterocycles. The first-order valence-corrected chi connectivity index (χ1v) is 7.13. The molecular formula is C14H17F2N3S. The Hall–Kier alpha value is -1.40. The summed E-state index contributed by atoms with van der Waals surface area (Å²) in [5, 5.41) is 0.866. The number of nitrogens with zero attached hydrogens (tertiary/aromatic N) is 2. The van der Waals surface area contributed by atoms with Gasteiger partial charge in [0.25, 0.3) is 0 Å². The highest BCUT2D eigenvalue weighted by Crippen LogP contribution is 2.34. The average Bonchev–Trinajstić information content (AvgIpc) is 2.65. The maximum Gasteiger partial charge on any atom is 0.127 e. The first-order valence-electron chi connectivity index (χ1n) is 6.32. The van der Waals surface area contributed by atoms with Gasteiger partial charge in [-0.1, -0.05) is 25.6 Å². The quantitative estimate of drug-likeness (QED) is 0.940. The Kier molecular flexibility index (Phi) is 4.45. The van der Waals surface area contributed by atoms with Gasteiger partial charge in [0.1, 0.15) is 22.5 Å². The molecule has 0 aliphatic carbocycles. The van der Waals surface area contributed by atoms with E-state index in [4.69, 9.17) is 5.73 Å². The third-order valence-electron chi connectivity index (χ3n) is 2.94. The number of hydrogen-bond acceptors (Lipinski definition) is 3. The van der Waals surface area contributed by atoms with Gasteiger partial charge in [0, 0.05) is 18.0 Å². The Balaban J connectivity index is 2.44. The minimum absolute atomic E-state index is 0.211. The molecule has 0 aliphatic rings. The maximum absolute atomic E-state index is 13.3. The van der Waals surface area contributed by atoms with Gasteiger partial charge in [-0.15, -0.1) is 0 Å². The van der Waals surface area contributed by atoms with E-state index in [1.165, 1.54) is 23.9 Å².